The van der Waals surface area contributed by atoms with Crippen LogP contribution in [0, 0.1) is 6.92 Å². The molecule has 26 heavy (non-hydrogen) atoms. The van der Waals surface area contributed by atoms with Gasteiger partial charge in [0.2, 0.25) is 5.91 Å². The molecule has 1 aromatic heterocycles. The summed E-state index contributed by atoms with van der Waals surface area (Å²) in [5.74, 6) is 0.165. The number of benzene rings is 1. The molecule has 1 N–H and O–H groups in total. The summed E-state index contributed by atoms with van der Waals surface area (Å²) >= 11 is 1.39. The van der Waals surface area contributed by atoms with Crippen molar-refractivity contribution >= 4 is 23.2 Å². The lowest BCUT2D eigenvalue weighted by molar-refractivity contribution is -0.125. The first kappa shape index (κ1) is 19.9. The molecular formula is C19H25N3O3S. The first-order valence-corrected chi connectivity index (χ1v) is 9.39. The summed E-state index contributed by atoms with van der Waals surface area (Å²) in [5.41, 5.74) is 0.446. The SMILES string of the molecule is CCC(C(=O)NC(C)C)n1cc(C)sc1=NC(=O)c1cccc(OC)c1. The molecule has 6 nitrogen and oxygen atoms in total. The number of ether oxygens (including phenoxy) is 1. The van der Waals surface area contributed by atoms with Crippen molar-refractivity contribution in [3.05, 3.63) is 45.7 Å². The lowest BCUT2D eigenvalue weighted by Crippen LogP contribution is -2.39. The van der Waals surface area contributed by atoms with Crippen molar-refractivity contribution in [3.63, 3.8) is 0 Å². The van der Waals surface area contributed by atoms with E-state index in [9.17, 15) is 9.59 Å². The highest BCUT2D eigenvalue weighted by Crippen LogP contribution is 2.15. The standard InChI is InChI=1S/C19H25N3O3S/c1-6-16(18(24)20-12(2)3)22-11-13(4)26-19(22)21-17(23)14-8-7-9-15(10-14)25-5/h7-12,16H,6H2,1-5H3,(H,20,24). The summed E-state index contributed by atoms with van der Waals surface area (Å²) in [6.45, 7) is 7.72. The molecule has 7 heteroatoms. The Kier molecular flexibility index (Phi) is 6.74. The van der Waals surface area contributed by atoms with Crippen molar-refractivity contribution in [3.8, 4) is 5.75 Å². The zero-order valence-electron chi connectivity index (χ0n) is 15.8. The highest BCUT2D eigenvalue weighted by molar-refractivity contribution is 7.09. The number of hydrogen-bond donors (Lipinski definition) is 1. The van der Waals surface area contributed by atoms with Crippen LogP contribution in [0.15, 0.2) is 35.5 Å². The summed E-state index contributed by atoms with van der Waals surface area (Å²) in [5, 5.41) is 2.93. The Hall–Kier alpha value is -2.41. The Balaban J connectivity index is 2.42. The predicted octanol–water partition coefficient (Wildman–Crippen LogP) is 3.08. The Morgan fingerprint density at radius 2 is 2.08 bits per heavy atom. The molecule has 0 aliphatic heterocycles. The molecule has 1 atom stereocenters. The van der Waals surface area contributed by atoms with Crippen molar-refractivity contribution in [2.45, 2.75) is 46.2 Å². The fourth-order valence-electron chi connectivity index (χ4n) is 2.57. The Bertz CT molecular complexity index is 852. The molecule has 0 saturated carbocycles. The molecule has 1 heterocycles. The van der Waals surface area contributed by atoms with Gasteiger partial charge in [-0.2, -0.15) is 4.99 Å². The van der Waals surface area contributed by atoms with E-state index in [4.69, 9.17) is 4.74 Å². The fourth-order valence-corrected chi connectivity index (χ4v) is 3.44. The monoisotopic (exact) mass is 375 g/mol. The van der Waals surface area contributed by atoms with Gasteiger partial charge < -0.3 is 14.6 Å². The number of carbonyl (C=O) groups is 2. The van der Waals surface area contributed by atoms with Crippen LogP contribution in [0.3, 0.4) is 0 Å². The largest absolute Gasteiger partial charge is 0.497 e. The van der Waals surface area contributed by atoms with Crippen LogP contribution in [-0.2, 0) is 4.79 Å². The Morgan fingerprint density at radius 1 is 1.35 bits per heavy atom. The average Bonchev–Trinajstić information content (AvgIpc) is 2.95. The molecule has 0 radical (unpaired) electrons. The van der Waals surface area contributed by atoms with Crippen LogP contribution in [0.5, 0.6) is 5.75 Å². The van der Waals surface area contributed by atoms with E-state index in [1.165, 1.54) is 11.3 Å². The Morgan fingerprint density at radius 3 is 2.69 bits per heavy atom. The van der Waals surface area contributed by atoms with Gasteiger partial charge in [-0.05, 0) is 45.4 Å². The number of nitrogens with zero attached hydrogens (tertiary/aromatic N) is 2. The lowest BCUT2D eigenvalue weighted by Gasteiger charge is -2.18. The summed E-state index contributed by atoms with van der Waals surface area (Å²) < 4.78 is 6.95. The number of methoxy groups -OCH3 is 1. The molecule has 0 aliphatic rings. The van der Waals surface area contributed by atoms with Crippen LogP contribution in [0.4, 0.5) is 0 Å². The quantitative estimate of drug-likeness (QED) is 0.843. The minimum absolute atomic E-state index is 0.0516. The van der Waals surface area contributed by atoms with E-state index in [2.05, 4.69) is 10.3 Å². The molecular weight excluding hydrogens is 350 g/mol. The fraction of sp³-hybridized carbons (Fsp3) is 0.421. The number of hydrogen-bond acceptors (Lipinski definition) is 4. The van der Waals surface area contributed by atoms with Crippen molar-refractivity contribution in [2.24, 2.45) is 4.99 Å². The van der Waals surface area contributed by atoms with Crippen molar-refractivity contribution in [1.29, 1.82) is 0 Å². The number of rotatable bonds is 6. The molecule has 1 unspecified atom stereocenters. The van der Waals surface area contributed by atoms with Gasteiger partial charge in [0.25, 0.3) is 5.91 Å². The highest BCUT2D eigenvalue weighted by Gasteiger charge is 2.21. The van der Waals surface area contributed by atoms with Crippen LogP contribution in [0.1, 0.15) is 48.5 Å². The molecule has 0 aliphatic carbocycles. The van der Waals surface area contributed by atoms with Gasteiger partial charge in [0.1, 0.15) is 11.8 Å². The zero-order valence-corrected chi connectivity index (χ0v) is 16.6. The molecule has 0 saturated heterocycles. The van der Waals surface area contributed by atoms with E-state index in [1.54, 1.807) is 35.9 Å². The average molecular weight is 375 g/mol. The minimum Gasteiger partial charge on any atom is -0.497 e. The topological polar surface area (TPSA) is 72.7 Å². The second kappa shape index (κ2) is 8.80. The third-order valence-electron chi connectivity index (χ3n) is 3.76. The smallest absolute Gasteiger partial charge is 0.279 e. The second-order valence-electron chi connectivity index (χ2n) is 6.27. The Labute approximate surface area is 157 Å². The zero-order chi connectivity index (χ0) is 19.3. The van der Waals surface area contributed by atoms with E-state index in [1.807, 2.05) is 33.9 Å². The van der Waals surface area contributed by atoms with Gasteiger partial charge >= 0.3 is 0 Å². The summed E-state index contributed by atoms with van der Waals surface area (Å²) in [4.78, 5) is 30.9. The number of aryl methyl sites for hydroxylation is 1. The number of amides is 2. The third-order valence-corrected chi connectivity index (χ3v) is 4.68. The highest BCUT2D eigenvalue weighted by atomic mass is 32.1. The maximum absolute atomic E-state index is 12.6. The third kappa shape index (κ3) is 4.82. The molecule has 0 spiro atoms. The number of thiazole rings is 1. The van der Waals surface area contributed by atoms with E-state index in [0.29, 0.717) is 22.5 Å². The summed E-state index contributed by atoms with van der Waals surface area (Å²) in [7, 11) is 1.55. The molecule has 2 amide bonds. The molecule has 140 valence electrons. The van der Waals surface area contributed by atoms with E-state index < -0.39 is 6.04 Å². The van der Waals surface area contributed by atoms with E-state index in [-0.39, 0.29) is 17.9 Å². The molecule has 0 bridgehead atoms. The molecule has 2 aromatic rings. The molecule has 0 fully saturated rings. The normalized spacial score (nSPS) is 12.9. The first-order valence-electron chi connectivity index (χ1n) is 8.57. The summed E-state index contributed by atoms with van der Waals surface area (Å²) in [6.07, 6.45) is 2.48. The van der Waals surface area contributed by atoms with E-state index >= 15 is 0 Å². The lowest BCUT2D eigenvalue weighted by atomic mass is 10.2. The van der Waals surface area contributed by atoms with Crippen LogP contribution < -0.4 is 14.9 Å². The van der Waals surface area contributed by atoms with Gasteiger partial charge in [-0.25, -0.2) is 0 Å². The van der Waals surface area contributed by atoms with Crippen LogP contribution in [-0.4, -0.2) is 29.5 Å². The number of nitrogens with one attached hydrogen (secondary N) is 1. The van der Waals surface area contributed by atoms with Crippen molar-refractivity contribution in [1.82, 2.24) is 9.88 Å². The van der Waals surface area contributed by atoms with Gasteiger partial charge in [-0.15, -0.1) is 11.3 Å². The second-order valence-corrected chi connectivity index (χ2v) is 7.48. The van der Waals surface area contributed by atoms with E-state index in [0.717, 1.165) is 4.88 Å². The van der Waals surface area contributed by atoms with Gasteiger partial charge in [-0.1, -0.05) is 13.0 Å². The van der Waals surface area contributed by atoms with Crippen LogP contribution in [0.25, 0.3) is 0 Å². The molecule has 2 rings (SSSR count). The first-order chi connectivity index (χ1) is 12.3. The summed E-state index contributed by atoms with van der Waals surface area (Å²) in [6, 6.07) is 6.52. The van der Waals surface area contributed by atoms with Gasteiger partial charge in [0.15, 0.2) is 4.80 Å². The van der Waals surface area contributed by atoms with Gasteiger partial charge in [0.05, 0.1) is 7.11 Å². The minimum atomic E-state index is -0.404. The van der Waals surface area contributed by atoms with Crippen molar-refractivity contribution in [2.75, 3.05) is 7.11 Å². The number of aromatic nitrogens is 1. The maximum Gasteiger partial charge on any atom is 0.279 e. The van der Waals surface area contributed by atoms with Crippen LogP contribution >= 0.6 is 11.3 Å². The molecule has 1 aromatic carbocycles. The maximum atomic E-state index is 12.6. The predicted molar refractivity (Wildman–Crippen MR) is 103 cm³/mol. The van der Waals surface area contributed by atoms with Gasteiger partial charge in [0, 0.05) is 22.7 Å². The van der Waals surface area contributed by atoms with Gasteiger partial charge in [-0.3, -0.25) is 9.59 Å². The number of carbonyl (C=O) groups excluding carboxylic acids is 2. The van der Waals surface area contributed by atoms with Crippen LogP contribution in [0.2, 0.25) is 0 Å². The van der Waals surface area contributed by atoms with Crippen molar-refractivity contribution < 1.29 is 14.3 Å².